The first-order valence-corrected chi connectivity index (χ1v) is 8.30. The molecule has 0 aliphatic heterocycles. The molecule has 1 rings (SSSR count). The Labute approximate surface area is 130 Å². The number of hydrogen-bond acceptors (Lipinski definition) is 3. The van der Waals surface area contributed by atoms with Crippen molar-refractivity contribution in [1.82, 2.24) is 10.2 Å². The predicted molar refractivity (Wildman–Crippen MR) is 90.9 cm³/mol. The van der Waals surface area contributed by atoms with E-state index in [1.54, 1.807) is 0 Å². The normalized spacial score (nSPS) is 11.3. The molecule has 1 aromatic rings. The van der Waals surface area contributed by atoms with Crippen LogP contribution in [0.15, 0.2) is 24.3 Å². The molecule has 0 unspecified atom stereocenters. The monoisotopic (exact) mass is 292 g/mol. The number of ether oxygens (including phenoxy) is 1. The summed E-state index contributed by atoms with van der Waals surface area (Å²) < 4.78 is 5.88. The quantitative estimate of drug-likeness (QED) is 0.675. The fourth-order valence-corrected chi connectivity index (χ4v) is 2.29. The molecule has 0 bridgehead atoms. The fourth-order valence-electron chi connectivity index (χ4n) is 2.29. The Balaban J connectivity index is 2.34. The van der Waals surface area contributed by atoms with Crippen LogP contribution in [0.3, 0.4) is 0 Å². The lowest BCUT2D eigenvalue weighted by Crippen LogP contribution is -2.29. The van der Waals surface area contributed by atoms with Crippen molar-refractivity contribution >= 4 is 0 Å². The molecule has 21 heavy (non-hydrogen) atoms. The van der Waals surface area contributed by atoms with E-state index in [0.29, 0.717) is 5.92 Å². The highest BCUT2D eigenvalue weighted by molar-refractivity contribution is 5.28. The fraction of sp³-hybridized carbons (Fsp3) is 0.667. The summed E-state index contributed by atoms with van der Waals surface area (Å²) in [6.45, 7) is 14.8. The van der Waals surface area contributed by atoms with Gasteiger partial charge in [0.2, 0.25) is 0 Å². The molecule has 3 heteroatoms. The summed E-state index contributed by atoms with van der Waals surface area (Å²) in [5.41, 5.74) is 1.29. The highest BCUT2D eigenvalue weighted by atomic mass is 16.5. The van der Waals surface area contributed by atoms with Crippen molar-refractivity contribution in [3.8, 4) is 5.75 Å². The van der Waals surface area contributed by atoms with E-state index in [4.69, 9.17) is 4.74 Å². The number of hydrogen-bond donors (Lipinski definition) is 1. The Kier molecular flexibility index (Phi) is 9.11. The number of nitrogens with zero attached hydrogens (tertiary/aromatic N) is 1. The van der Waals surface area contributed by atoms with Crippen LogP contribution in [0.2, 0.25) is 0 Å². The molecule has 0 atom stereocenters. The summed E-state index contributed by atoms with van der Waals surface area (Å²) in [5, 5.41) is 3.46. The van der Waals surface area contributed by atoms with Crippen molar-refractivity contribution in [3.05, 3.63) is 29.8 Å². The summed E-state index contributed by atoms with van der Waals surface area (Å²) in [5.74, 6) is 1.66. The maximum atomic E-state index is 5.88. The van der Waals surface area contributed by atoms with Gasteiger partial charge in [-0.1, -0.05) is 39.8 Å². The minimum atomic E-state index is 0.683. The molecule has 0 fully saturated rings. The molecular formula is C18H32N2O. The molecule has 1 aromatic carbocycles. The predicted octanol–water partition coefficient (Wildman–Crippen LogP) is 3.54. The van der Waals surface area contributed by atoms with Crippen molar-refractivity contribution in [3.63, 3.8) is 0 Å². The van der Waals surface area contributed by atoms with E-state index >= 15 is 0 Å². The lowest BCUT2D eigenvalue weighted by molar-refractivity contribution is 0.216. The van der Waals surface area contributed by atoms with Crippen molar-refractivity contribution in [2.24, 2.45) is 5.92 Å². The standard InChI is InChI=1S/C18H32N2O/c1-5-10-20(6-2)11-12-21-18-9-7-8-17(13-18)15-19-14-16(3)4/h7-9,13,16,19H,5-6,10-12,14-15H2,1-4H3. The van der Waals surface area contributed by atoms with Crippen LogP contribution in [-0.4, -0.2) is 37.7 Å². The third-order valence-electron chi connectivity index (χ3n) is 3.44. The van der Waals surface area contributed by atoms with Crippen LogP contribution in [0.4, 0.5) is 0 Å². The van der Waals surface area contributed by atoms with Crippen LogP contribution >= 0.6 is 0 Å². The molecule has 1 N–H and O–H groups in total. The highest BCUT2D eigenvalue weighted by Crippen LogP contribution is 2.13. The Bertz CT molecular complexity index is 379. The van der Waals surface area contributed by atoms with Gasteiger partial charge in [-0.15, -0.1) is 0 Å². The number of nitrogens with one attached hydrogen (secondary N) is 1. The topological polar surface area (TPSA) is 24.5 Å². The van der Waals surface area contributed by atoms with Crippen LogP contribution in [0.5, 0.6) is 5.75 Å². The molecule has 0 aliphatic carbocycles. The van der Waals surface area contributed by atoms with Gasteiger partial charge in [-0.25, -0.2) is 0 Å². The first-order chi connectivity index (χ1) is 10.2. The minimum absolute atomic E-state index is 0.683. The number of likely N-dealkylation sites (N-methyl/N-ethyl adjacent to an activating group) is 1. The van der Waals surface area contributed by atoms with Gasteiger partial charge in [0.05, 0.1) is 0 Å². The van der Waals surface area contributed by atoms with Crippen LogP contribution in [0.1, 0.15) is 39.7 Å². The van der Waals surface area contributed by atoms with E-state index in [0.717, 1.165) is 45.1 Å². The lowest BCUT2D eigenvalue weighted by atomic mass is 10.2. The highest BCUT2D eigenvalue weighted by Gasteiger charge is 2.02. The largest absolute Gasteiger partial charge is 0.492 e. The van der Waals surface area contributed by atoms with Crippen molar-refractivity contribution in [2.75, 3.05) is 32.8 Å². The summed E-state index contributed by atoms with van der Waals surface area (Å²) >= 11 is 0. The first-order valence-electron chi connectivity index (χ1n) is 8.30. The van der Waals surface area contributed by atoms with Crippen molar-refractivity contribution in [2.45, 2.75) is 40.7 Å². The zero-order chi connectivity index (χ0) is 15.5. The molecule has 0 radical (unpaired) electrons. The smallest absolute Gasteiger partial charge is 0.119 e. The maximum absolute atomic E-state index is 5.88. The third-order valence-corrected chi connectivity index (χ3v) is 3.44. The van der Waals surface area contributed by atoms with Crippen LogP contribution < -0.4 is 10.1 Å². The van der Waals surface area contributed by atoms with E-state index < -0.39 is 0 Å². The van der Waals surface area contributed by atoms with Gasteiger partial charge < -0.3 is 15.0 Å². The van der Waals surface area contributed by atoms with Gasteiger partial charge in [0.15, 0.2) is 0 Å². The summed E-state index contributed by atoms with van der Waals surface area (Å²) in [6.07, 6.45) is 1.20. The summed E-state index contributed by atoms with van der Waals surface area (Å²) in [4.78, 5) is 2.42. The molecule has 0 heterocycles. The average molecular weight is 292 g/mol. The Morgan fingerprint density at radius 3 is 2.67 bits per heavy atom. The molecule has 0 spiro atoms. The lowest BCUT2D eigenvalue weighted by Gasteiger charge is -2.19. The van der Waals surface area contributed by atoms with Gasteiger partial charge in [0.1, 0.15) is 12.4 Å². The van der Waals surface area contributed by atoms with E-state index in [1.807, 2.05) is 6.07 Å². The number of rotatable bonds is 11. The molecule has 3 nitrogen and oxygen atoms in total. The van der Waals surface area contributed by atoms with Gasteiger partial charge in [-0.05, 0) is 49.7 Å². The second-order valence-corrected chi connectivity index (χ2v) is 5.95. The molecule has 120 valence electrons. The maximum Gasteiger partial charge on any atom is 0.119 e. The minimum Gasteiger partial charge on any atom is -0.492 e. The van der Waals surface area contributed by atoms with Crippen LogP contribution in [-0.2, 0) is 6.54 Å². The summed E-state index contributed by atoms with van der Waals surface area (Å²) in [7, 11) is 0. The van der Waals surface area contributed by atoms with Gasteiger partial charge in [-0.2, -0.15) is 0 Å². The van der Waals surface area contributed by atoms with Gasteiger partial charge >= 0.3 is 0 Å². The third kappa shape index (κ3) is 8.08. The van der Waals surface area contributed by atoms with Crippen LogP contribution in [0, 0.1) is 5.92 Å². The van der Waals surface area contributed by atoms with Gasteiger partial charge in [-0.3, -0.25) is 0 Å². The van der Waals surface area contributed by atoms with E-state index in [9.17, 15) is 0 Å². The Morgan fingerprint density at radius 2 is 2.00 bits per heavy atom. The SMILES string of the molecule is CCCN(CC)CCOc1cccc(CNCC(C)C)c1. The Hall–Kier alpha value is -1.06. The van der Waals surface area contributed by atoms with E-state index in [1.165, 1.54) is 12.0 Å². The molecule has 0 aromatic heterocycles. The summed E-state index contributed by atoms with van der Waals surface area (Å²) in [6, 6.07) is 8.41. The Morgan fingerprint density at radius 1 is 1.19 bits per heavy atom. The van der Waals surface area contributed by atoms with E-state index in [2.05, 4.69) is 56.1 Å². The number of benzene rings is 1. The first kappa shape index (κ1) is 18.0. The molecule has 0 amide bonds. The molecule has 0 saturated carbocycles. The molecular weight excluding hydrogens is 260 g/mol. The van der Waals surface area contributed by atoms with Crippen molar-refractivity contribution < 1.29 is 4.74 Å². The average Bonchev–Trinajstić information content (AvgIpc) is 2.46. The van der Waals surface area contributed by atoms with Crippen LogP contribution in [0.25, 0.3) is 0 Å². The second kappa shape index (κ2) is 10.6. The van der Waals surface area contributed by atoms with E-state index in [-0.39, 0.29) is 0 Å². The van der Waals surface area contributed by atoms with Crippen molar-refractivity contribution in [1.29, 1.82) is 0 Å². The van der Waals surface area contributed by atoms with Gasteiger partial charge in [0.25, 0.3) is 0 Å². The zero-order valence-corrected chi connectivity index (χ0v) is 14.2. The van der Waals surface area contributed by atoms with Gasteiger partial charge in [0, 0.05) is 13.1 Å². The second-order valence-electron chi connectivity index (χ2n) is 5.95. The molecule has 0 saturated heterocycles. The molecule has 0 aliphatic rings. The zero-order valence-electron chi connectivity index (χ0n) is 14.2.